The van der Waals surface area contributed by atoms with Gasteiger partial charge in [-0.2, -0.15) is 0 Å². The lowest BCUT2D eigenvalue weighted by Crippen LogP contribution is -2.59. The van der Waals surface area contributed by atoms with Crippen LogP contribution in [-0.4, -0.2) is 112 Å². The molecule has 0 spiro atoms. The topological polar surface area (TPSA) is 49.8 Å². The number of likely N-dealkylation sites (tertiary alicyclic amines) is 1. The van der Waals surface area contributed by atoms with E-state index in [0.29, 0.717) is 19.0 Å². The predicted octanol–water partition coefficient (Wildman–Crippen LogP) is -5.68. The van der Waals surface area contributed by atoms with Crippen molar-refractivity contribution in [1.82, 2.24) is 4.90 Å². The molecular formula is C20H36B9NO3. The molecule has 0 radical (unpaired) electrons. The lowest BCUT2D eigenvalue weighted by molar-refractivity contribution is -0.147. The summed E-state index contributed by atoms with van der Waals surface area (Å²) in [5.74, 6) is 0.507. The van der Waals surface area contributed by atoms with Crippen molar-refractivity contribution in [1.29, 1.82) is 0 Å². The molecule has 13 heteroatoms. The molecular weight excluding hydrogens is 400 g/mol. The third-order valence-electron chi connectivity index (χ3n) is 9.64. The Hall–Kier alpha value is -1.23. The molecule has 0 amide bonds. The van der Waals surface area contributed by atoms with Crippen molar-refractivity contribution in [2.24, 2.45) is 11.8 Å². The molecule has 1 heterocycles. The van der Waals surface area contributed by atoms with Crippen molar-refractivity contribution in [2.45, 2.75) is 34.3 Å². The van der Waals surface area contributed by atoms with E-state index in [2.05, 4.69) is 107 Å². The average molecular weight is 436 g/mol. The minimum atomic E-state index is -0.674. The third-order valence-corrected chi connectivity index (χ3v) is 9.64. The number of rotatable bonds is 8. The summed E-state index contributed by atoms with van der Waals surface area (Å²) < 4.78 is 6.72. The van der Waals surface area contributed by atoms with Gasteiger partial charge in [-0.1, -0.05) is 29.9 Å². The lowest BCUT2D eigenvalue weighted by atomic mass is 9.10. The number of hydrogen-bond donors (Lipinski definition) is 1. The van der Waals surface area contributed by atoms with E-state index in [9.17, 15) is 4.79 Å². The van der Waals surface area contributed by atoms with E-state index in [0.717, 1.165) is 18.7 Å². The Kier molecular flexibility index (Phi) is 7.01. The van der Waals surface area contributed by atoms with E-state index in [-0.39, 0.29) is 26.9 Å². The fourth-order valence-corrected chi connectivity index (χ4v) is 5.19. The standard InChI is InChI=1S/C20H36B9NO3/c1-10-4-12-6-15(33-20(28,29)18(23,24)17(21,22)19(25,26)27)3-2-11(12)5-13(10)7-30-8-14(9-30)16(31)32/h2-3,5-6,10,14H,4,7-9,21-29H2,1H3,(H,31,32)/t10-/m1/s1. The van der Waals surface area contributed by atoms with E-state index < -0.39 is 5.97 Å². The largest absolute Gasteiger partial charge is 0.506 e. The maximum atomic E-state index is 11.1. The van der Waals surface area contributed by atoms with E-state index >= 15 is 0 Å². The van der Waals surface area contributed by atoms with Gasteiger partial charge in [0.15, 0.2) is 0 Å². The molecule has 1 aromatic rings. The highest BCUT2D eigenvalue weighted by molar-refractivity contribution is 6.72. The van der Waals surface area contributed by atoms with Gasteiger partial charge in [0.1, 0.15) is 37.1 Å². The van der Waals surface area contributed by atoms with Crippen LogP contribution in [0.15, 0.2) is 23.8 Å². The van der Waals surface area contributed by atoms with Gasteiger partial charge in [-0.3, -0.25) is 9.69 Å². The van der Waals surface area contributed by atoms with Crippen LogP contribution in [0, 0.1) is 11.8 Å². The second kappa shape index (κ2) is 8.77. The number of ether oxygens (including phenoxy) is 1. The monoisotopic (exact) mass is 437 g/mol. The molecule has 1 saturated heterocycles. The zero-order valence-corrected chi connectivity index (χ0v) is 22.5. The first-order chi connectivity index (χ1) is 15.0. The van der Waals surface area contributed by atoms with E-state index in [1.54, 1.807) is 0 Å². The third kappa shape index (κ3) is 4.95. The number of aliphatic carboxylic acids is 1. The summed E-state index contributed by atoms with van der Waals surface area (Å²) in [6.45, 7) is 4.46. The quantitative estimate of drug-likeness (QED) is 0.414. The summed E-state index contributed by atoms with van der Waals surface area (Å²) in [7, 11) is 20.8. The minimum Gasteiger partial charge on any atom is -0.506 e. The van der Waals surface area contributed by atoms with Gasteiger partial charge in [0.2, 0.25) is 0 Å². The highest BCUT2D eigenvalue weighted by Crippen LogP contribution is 2.58. The van der Waals surface area contributed by atoms with Crippen LogP contribution in [0.2, 0.25) is 15.5 Å². The number of hydrogen-bond acceptors (Lipinski definition) is 3. The van der Waals surface area contributed by atoms with Crippen molar-refractivity contribution in [3.8, 4) is 5.75 Å². The van der Waals surface area contributed by atoms with Gasteiger partial charge in [-0.05, 0) is 35.6 Å². The smallest absolute Gasteiger partial charge is 0.309 e. The molecule has 0 bridgehead atoms. The molecule has 0 unspecified atom stereocenters. The average Bonchev–Trinajstić information content (AvgIpc) is 2.62. The van der Waals surface area contributed by atoms with Crippen molar-refractivity contribution < 1.29 is 14.6 Å². The first-order valence-corrected chi connectivity index (χ1v) is 12.4. The Morgan fingerprint density at radius 2 is 1.67 bits per heavy atom. The molecule has 1 fully saturated rings. The molecule has 1 aliphatic heterocycles. The van der Waals surface area contributed by atoms with Crippen LogP contribution in [0.5, 0.6) is 5.75 Å². The number of carbonyl (C=O) groups is 1. The first kappa shape index (κ1) is 26.4. The van der Waals surface area contributed by atoms with Crippen LogP contribution in [-0.2, 0) is 11.2 Å². The molecule has 1 aromatic carbocycles. The number of nitrogens with zero attached hydrogens (tertiary/aromatic N) is 1. The van der Waals surface area contributed by atoms with Gasteiger partial charge in [0, 0.05) is 25.0 Å². The first-order valence-electron chi connectivity index (χ1n) is 12.4. The van der Waals surface area contributed by atoms with Gasteiger partial charge < -0.3 is 9.84 Å². The summed E-state index contributed by atoms with van der Waals surface area (Å²) in [5.41, 5.74) is 3.99. The zero-order valence-electron chi connectivity index (χ0n) is 22.5. The van der Waals surface area contributed by atoms with Crippen LogP contribution in [0.25, 0.3) is 6.08 Å². The number of carboxylic acid groups (broad SMARTS) is 1. The van der Waals surface area contributed by atoms with Crippen molar-refractivity contribution >= 4 is 82.7 Å². The predicted molar refractivity (Wildman–Crippen MR) is 163 cm³/mol. The Labute approximate surface area is 208 Å². The summed E-state index contributed by atoms with van der Waals surface area (Å²) in [4.78, 5) is 13.3. The second-order valence-electron chi connectivity index (χ2n) is 13.0. The maximum Gasteiger partial charge on any atom is 0.309 e. The van der Waals surface area contributed by atoms with Crippen LogP contribution in [0.4, 0.5) is 0 Å². The molecule has 3 rings (SSSR count). The highest BCUT2D eigenvalue weighted by atomic mass is 16.5. The SMILES string of the molecule is BC(B)(B)C(B)(B)C(B)(B)C(B)(B)Oc1ccc2c(c1)C[C@@H](C)C(CN1CC(C(=O)O)C1)=C2. The zero-order chi connectivity index (χ0) is 25.0. The summed E-state index contributed by atoms with van der Waals surface area (Å²) in [6.07, 6.45) is 3.30. The van der Waals surface area contributed by atoms with Crippen LogP contribution >= 0.6 is 0 Å². The molecule has 2 aliphatic rings. The van der Waals surface area contributed by atoms with Crippen LogP contribution < -0.4 is 4.74 Å². The summed E-state index contributed by atoms with van der Waals surface area (Å²) in [5, 5.41) is 8.91. The molecule has 1 N–H and O–H groups in total. The van der Waals surface area contributed by atoms with Gasteiger partial charge in [0.05, 0.1) is 45.1 Å². The summed E-state index contributed by atoms with van der Waals surface area (Å²) >= 11 is 0. The maximum absolute atomic E-state index is 11.1. The fraction of sp³-hybridized carbons (Fsp3) is 0.550. The minimum absolute atomic E-state index is 0.0559. The van der Waals surface area contributed by atoms with Crippen LogP contribution in [0.3, 0.4) is 0 Å². The lowest BCUT2D eigenvalue weighted by Gasteiger charge is -2.59. The molecule has 33 heavy (non-hydrogen) atoms. The molecule has 0 aromatic heterocycles. The van der Waals surface area contributed by atoms with E-state index in [1.807, 2.05) is 0 Å². The Morgan fingerprint density at radius 1 is 1.06 bits per heavy atom. The number of fused-ring (bicyclic) bond motifs is 1. The van der Waals surface area contributed by atoms with Crippen molar-refractivity contribution in [3.05, 3.63) is 34.9 Å². The molecule has 166 valence electrons. The van der Waals surface area contributed by atoms with Crippen LogP contribution in [0.1, 0.15) is 18.1 Å². The fourth-order valence-electron chi connectivity index (χ4n) is 5.19. The van der Waals surface area contributed by atoms with Gasteiger partial charge in [0.25, 0.3) is 0 Å². The van der Waals surface area contributed by atoms with E-state index in [1.165, 1.54) is 16.7 Å². The summed E-state index contributed by atoms with van der Waals surface area (Å²) in [6, 6.07) is 6.52. The van der Waals surface area contributed by atoms with Gasteiger partial charge in [-0.25, -0.2) is 0 Å². The molecule has 0 saturated carbocycles. The van der Waals surface area contributed by atoms with Crippen molar-refractivity contribution in [3.63, 3.8) is 0 Å². The van der Waals surface area contributed by atoms with Crippen molar-refractivity contribution in [2.75, 3.05) is 19.6 Å². The number of carboxylic acids is 1. The van der Waals surface area contributed by atoms with Gasteiger partial charge in [-0.15, -0.1) is 10.3 Å². The molecule has 4 nitrogen and oxygen atoms in total. The number of benzene rings is 1. The Bertz CT molecular complexity index is 953. The van der Waals surface area contributed by atoms with Gasteiger partial charge >= 0.3 is 5.97 Å². The second-order valence-corrected chi connectivity index (χ2v) is 13.0. The van der Waals surface area contributed by atoms with E-state index in [4.69, 9.17) is 9.84 Å². The normalized spacial score (nSPS) is 20.4. The molecule has 1 atom stereocenters. The Balaban J connectivity index is 1.76. The highest BCUT2D eigenvalue weighted by Gasteiger charge is 2.52. The Morgan fingerprint density at radius 3 is 2.21 bits per heavy atom. The molecule has 1 aliphatic carbocycles.